The molecule has 108 valence electrons. The first-order valence-corrected chi connectivity index (χ1v) is 9.01. The molecule has 1 aromatic rings. The lowest BCUT2D eigenvalue weighted by Crippen LogP contribution is -2.42. The Morgan fingerprint density at radius 3 is 2.58 bits per heavy atom. The van der Waals surface area contributed by atoms with E-state index in [0.717, 1.165) is 19.0 Å². The van der Waals surface area contributed by atoms with Crippen LogP contribution in [0.3, 0.4) is 0 Å². The number of likely N-dealkylation sites (N-methyl/N-ethyl adjacent to an activating group) is 1. The van der Waals surface area contributed by atoms with Crippen LogP contribution in [0.5, 0.6) is 0 Å². The standard InChI is InChI=1S/C15H25BrN2S/c1-18(10-14-8-13(16)11-19-14)15(9-17)12-6-4-2-3-5-7-12/h8,11-12,15H,2-7,9-10,17H2,1H3. The summed E-state index contributed by atoms with van der Waals surface area (Å²) in [5, 5.41) is 2.16. The molecule has 0 amide bonds. The summed E-state index contributed by atoms with van der Waals surface area (Å²) in [6.45, 7) is 1.81. The first-order valence-electron chi connectivity index (χ1n) is 7.34. The largest absolute Gasteiger partial charge is 0.329 e. The van der Waals surface area contributed by atoms with Gasteiger partial charge in [0.1, 0.15) is 0 Å². The first-order chi connectivity index (χ1) is 9.20. The van der Waals surface area contributed by atoms with Gasteiger partial charge in [-0.2, -0.15) is 0 Å². The fourth-order valence-electron chi connectivity index (χ4n) is 3.23. The van der Waals surface area contributed by atoms with E-state index in [0.29, 0.717) is 6.04 Å². The minimum Gasteiger partial charge on any atom is -0.329 e. The predicted octanol–water partition coefficient (Wildman–Crippen LogP) is 4.24. The fraction of sp³-hybridized carbons (Fsp3) is 0.733. The maximum absolute atomic E-state index is 6.07. The highest BCUT2D eigenvalue weighted by molar-refractivity contribution is 9.10. The molecule has 0 saturated heterocycles. The Balaban J connectivity index is 1.95. The lowest BCUT2D eigenvalue weighted by Gasteiger charge is -2.33. The Labute approximate surface area is 129 Å². The van der Waals surface area contributed by atoms with Crippen LogP contribution in [0.15, 0.2) is 15.9 Å². The zero-order valence-corrected chi connectivity index (χ0v) is 14.2. The Morgan fingerprint density at radius 2 is 2.05 bits per heavy atom. The van der Waals surface area contributed by atoms with Gasteiger partial charge < -0.3 is 5.73 Å². The van der Waals surface area contributed by atoms with E-state index in [1.54, 1.807) is 0 Å². The molecule has 1 fully saturated rings. The highest BCUT2D eigenvalue weighted by atomic mass is 79.9. The molecule has 0 aliphatic heterocycles. The van der Waals surface area contributed by atoms with E-state index in [4.69, 9.17) is 5.73 Å². The SMILES string of the molecule is CN(Cc1cc(Br)cs1)C(CN)C1CCCCCC1. The van der Waals surface area contributed by atoms with Crippen LogP contribution in [-0.4, -0.2) is 24.5 Å². The van der Waals surface area contributed by atoms with Gasteiger partial charge in [-0.3, -0.25) is 4.90 Å². The van der Waals surface area contributed by atoms with Crippen molar-refractivity contribution in [2.24, 2.45) is 11.7 Å². The van der Waals surface area contributed by atoms with Gasteiger partial charge in [-0.15, -0.1) is 11.3 Å². The van der Waals surface area contributed by atoms with Crippen molar-refractivity contribution >= 4 is 27.3 Å². The van der Waals surface area contributed by atoms with Crippen LogP contribution >= 0.6 is 27.3 Å². The van der Waals surface area contributed by atoms with Crippen molar-refractivity contribution < 1.29 is 0 Å². The van der Waals surface area contributed by atoms with Gasteiger partial charge in [0.15, 0.2) is 0 Å². The van der Waals surface area contributed by atoms with Gasteiger partial charge in [-0.05, 0) is 47.8 Å². The molecule has 0 bridgehead atoms. The number of halogens is 1. The molecular weight excluding hydrogens is 320 g/mol. The van der Waals surface area contributed by atoms with E-state index in [1.807, 2.05) is 11.3 Å². The van der Waals surface area contributed by atoms with Crippen molar-refractivity contribution in [2.75, 3.05) is 13.6 Å². The summed E-state index contributed by atoms with van der Waals surface area (Å²) in [6.07, 6.45) is 8.32. The quantitative estimate of drug-likeness (QED) is 0.809. The van der Waals surface area contributed by atoms with E-state index in [2.05, 4.69) is 39.3 Å². The normalized spacial score (nSPS) is 19.6. The van der Waals surface area contributed by atoms with E-state index in [9.17, 15) is 0 Å². The number of nitrogens with two attached hydrogens (primary N) is 1. The van der Waals surface area contributed by atoms with Crippen LogP contribution in [-0.2, 0) is 6.54 Å². The Hall–Kier alpha value is 0.1000. The van der Waals surface area contributed by atoms with Crippen LogP contribution in [0, 0.1) is 5.92 Å². The lowest BCUT2D eigenvalue weighted by molar-refractivity contribution is 0.161. The number of thiophene rings is 1. The van der Waals surface area contributed by atoms with Crippen molar-refractivity contribution in [1.82, 2.24) is 4.90 Å². The molecule has 2 rings (SSSR count). The van der Waals surface area contributed by atoms with Crippen LogP contribution in [0.1, 0.15) is 43.4 Å². The average molecular weight is 345 g/mol. The highest BCUT2D eigenvalue weighted by Gasteiger charge is 2.25. The van der Waals surface area contributed by atoms with Crippen molar-refractivity contribution in [2.45, 2.75) is 51.1 Å². The molecular formula is C15H25BrN2S. The molecule has 19 heavy (non-hydrogen) atoms. The molecule has 4 heteroatoms. The van der Waals surface area contributed by atoms with Crippen molar-refractivity contribution in [3.8, 4) is 0 Å². The molecule has 0 radical (unpaired) electrons. The number of nitrogens with zero attached hydrogens (tertiary/aromatic N) is 1. The molecule has 1 heterocycles. The predicted molar refractivity (Wildman–Crippen MR) is 87.5 cm³/mol. The third-order valence-electron chi connectivity index (χ3n) is 4.28. The summed E-state index contributed by atoms with van der Waals surface area (Å²) >= 11 is 5.36. The summed E-state index contributed by atoms with van der Waals surface area (Å²) in [6, 6.07) is 2.76. The number of rotatable bonds is 5. The maximum atomic E-state index is 6.07. The third kappa shape index (κ3) is 4.55. The van der Waals surface area contributed by atoms with Crippen molar-refractivity contribution in [3.63, 3.8) is 0 Å². The maximum Gasteiger partial charge on any atom is 0.0328 e. The van der Waals surface area contributed by atoms with Gasteiger partial charge in [0.25, 0.3) is 0 Å². The van der Waals surface area contributed by atoms with E-state index in [-0.39, 0.29) is 0 Å². The lowest BCUT2D eigenvalue weighted by atomic mass is 9.91. The molecule has 1 aliphatic rings. The van der Waals surface area contributed by atoms with E-state index in [1.165, 1.54) is 47.9 Å². The van der Waals surface area contributed by atoms with E-state index >= 15 is 0 Å². The summed E-state index contributed by atoms with van der Waals surface area (Å²) in [4.78, 5) is 3.88. The van der Waals surface area contributed by atoms with Gasteiger partial charge >= 0.3 is 0 Å². The van der Waals surface area contributed by atoms with Gasteiger partial charge in [-0.1, -0.05) is 25.7 Å². The average Bonchev–Trinajstić information content (AvgIpc) is 2.65. The second-order valence-electron chi connectivity index (χ2n) is 5.70. The van der Waals surface area contributed by atoms with Crippen LogP contribution in [0.4, 0.5) is 0 Å². The summed E-state index contributed by atoms with van der Waals surface area (Å²) in [7, 11) is 2.23. The minimum atomic E-state index is 0.541. The van der Waals surface area contributed by atoms with Crippen LogP contribution in [0.2, 0.25) is 0 Å². The zero-order chi connectivity index (χ0) is 13.7. The third-order valence-corrected chi connectivity index (χ3v) is 5.96. The molecule has 1 saturated carbocycles. The zero-order valence-electron chi connectivity index (χ0n) is 11.8. The van der Waals surface area contributed by atoms with Crippen molar-refractivity contribution in [1.29, 1.82) is 0 Å². The smallest absolute Gasteiger partial charge is 0.0328 e. The first kappa shape index (κ1) is 15.5. The van der Waals surface area contributed by atoms with Crippen molar-refractivity contribution in [3.05, 3.63) is 20.8 Å². The Kier molecular flexibility index (Phi) is 6.33. The van der Waals surface area contributed by atoms with Crippen LogP contribution < -0.4 is 5.73 Å². The van der Waals surface area contributed by atoms with Crippen LogP contribution in [0.25, 0.3) is 0 Å². The van der Waals surface area contributed by atoms with Gasteiger partial charge in [0, 0.05) is 33.9 Å². The summed E-state index contributed by atoms with van der Waals surface area (Å²) in [5.74, 6) is 0.793. The fourth-order valence-corrected chi connectivity index (χ4v) is 4.74. The molecule has 1 aromatic heterocycles. The topological polar surface area (TPSA) is 29.3 Å². The second kappa shape index (κ2) is 7.77. The molecule has 0 aromatic carbocycles. The Morgan fingerprint density at radius 1 is 1.37 bits per heavy atom. The molecule has 2 nitrogen and oxygen atoms in total. The van der Waals surface area contributed by atoms with E-state index < -0.39 is 0 Å². The molecule has 2 N–H and O–H groups in total. The minimum absolute atomic E-state index is 0.541. The monoisotopic (exact) mass is 344 g/mol. The number of hydrogen-bond acceptors (Lipinski definition) is 3. The van der Waals surface area contributed by atoms with Gasteiger partial charge in [0.2, 0.25) is 0 Å². The second-order valence-corrected chi connectivity index (χ2v) is 7.61. The van der Waals surface area contributed by atoms with Gasteiger partial charge in [-0.25, -0.2) is 0 Å². The summed E-state index contributed by atoms with van der Waals surface area (Å²) < 4.78 is 1.19. The molecule has 1 aliphatic carbocycles. The highest BCUT2D eigenvalue weighted by Crippen LogP contribution is 2.29. The van der Waals surface area contributed by atoms with Gasteiger partial charge in [0.05, 0.1) is 0 Å². The molecule has 0 spiro atoms. The number of hydrogen-bond donors (Lipinski definition) is 1. The summed E-state index contributed by atoms with van der Waals surface area (Å²) in [5.41, 5.74) is 6.07. The Bertz CT molecular complexity index is 372. The molecule has 1 unspecified atom stereocenters. The molecule has 1 atom stereocenters.